The minimum Gasteiger partial charge on any atom is -0.459 e. The van der Waals surface area contributed by atoms with E-state index in [0.29, 0.717) is 12.2 Å². The van der Waals surface area contributed by atoms with Gasteiger partial charge in [-0.05, 0) is 25.0 Å². The molecule has 0 bridgehead atoms. The van der Waals surface area contributed by atoms with E-state index in [1.54, 1.807) is 6.07 Å². The lowest BCUT2D eigenvalue weighted by molar-refractivity contribution is 0.0887. The Morgan fingerprint density at radius 3 is 2.63 bits per heavy atom. The van der Waals surface area contributed by atoms with E-state index < -0.39 is 0 Å². The molecule has 0 aliphatic rings. The van der Waals surface area contributed by atoms with Crippen LogP contribution in [-0.2, 0) is 6.42 Å². The SMILES string of the molecule is Cc1ccoc1C(=O)NC(CO)Cc1ccccc1. The first-order valence-electron chi connectivity index (χ1n) is 6.20. The van der Waals surface area contributed by atoms with Crippen LogP contribution in [-0.4, -0.2) is 23.7 Å². The lowest BCUT2D eigenvalue weighted by Crippen LogP contribution is -2.39. The van der Waals surface area contributed by atoms with Crippen LogP contribution in [0.25, 0.3) is 0 Å². The summed E-state index contributed by atoms with van der Waals surface area (Å²) < 4.78 is 5.13. The molecule has 1 aromatic heterocycles. The molecule has 19 heavy (non-hydrogen) atoms. The molecule has 2 rings (SSSR count). The highest BCUT2D eigenvalue weighted by atomic mass is 16.3. The molecule has 1 amide bonds. The molecular weight excluding hydrogens is 242 g/mol. The molecule has 0 spiro atoms. The molecule has 2 N–H and O–H groups in total. The summed E-state index contributed by atoms with van der Waals surface area (Å²) in [7, 11) is 0. The molecule has 4 heteroatoms. The maximum absolute atomic E-state index is 12.0. The van der Waals surface area contributed by atoms with Gasteiger partial charge < -0.3 is 14.8 Å². The van der Waals surface area contributed by atoms with Crippen molar-refractivity contribution in [3.8, 4) is 0 Å². The maximum atomic E-state index is 12.0. The van der Waals surface area contributed by atoms with Crippen molar-refractivity contribution in [3.05, 3.63) is 59.5 Å². The molecule has 1 heterocycles. The largest absolute Gasteiger partial charge is 0.459 e. The molecule has 0 saturated heterocycles. The number of benzene rings is 1. The molecule has 100 valence electrons. The van der Waals surface area contributed by atoms with Crippen LogP contribution in [0.2, 0.25) is 0 Å². The van der Waals surface area contributed by atoms with Gasteiger partial charge in [0.25, 0.3) is 5.91 Å². The lowest BCUT2D eigenvalue weighted by Gasteiger charge is -2.15. The van der Waals surface area contributed by atoms with E-state index in [0.717, 1.165) is 11.1 Å². The summed E-state index contributed by atoms with van der Waals surface area (Å²) in [6.45, 7) is 1.70. The van der Waals surface area contributed by atoms with E-state index in [9.17, 15) is 9.90 Å². The van der Waals surface area contributed by atoms with Gasteiger partial charge in [-0.3, -0.25) is 4.79 Å². The second-order valence-electron chi connectivity index (χ2n) is 4.48. The highest BCUT2D eigenvalue weighted by molar-refractivity contribution is 5.93. The van der Waals surface area contributed by atoms with Crippen LogP contribution in [0.5, 0.6) is 0 Å². The van der Waals surface area contributed by atoms with Crippen LogP contribution in [0, 0.1) is 6.92 Å². The van der Waals surface area contributed by atoms with Crippen LogP contribution in [0.1, 0.15) is 21.7 Å². The Morgan fingerprint density at radius 2 is 2.05 bits per heavy atom. The van der Waals surface area contributed by atoms with Crippen molar-refractivity contribution in [1.29, 1.82) is 0 Å². The number of nitrogens with one attached hydrogen (secondary N) is 1. The highest BCUT2D eigenvalue weighted by Gasteiger charge is 2.17. The number of aryl methyl sites for hydroxylation is 1. The van der Waals surface area contributed by atoms with Gasteiger partial charge >= 0.3 is 0 Å². The number of aliphatic hydroxyl groups is 1. The average Bonchev–Trinajstić information content (AvgIpc) is 2.85. The second kappa shape index (κ2) is 6.20. The van der Waals surface area contributed by atoms with Gasteiger partial charge in [0.1, 0.15) is 0 Å². The summed E-state index contributed by atoms with van der Waals surface area (Å²) in [5.41, 5.74) is 1.85. The van der Waals surface area contributed by atoms with E-state index in [4.69, 9.17) is 4.42 Å². The number of carbonyl (C=O) groups excluding carboxylic acids is 1. The Hall–Kier alpha value is -2.07. The number of carbonyl (C=O) groups is 1. The topological polar surface area (TPSA) is 62.5 Å². The molecule has 0 aliphatic carbocycles. The zero-order valence-corrected chi connectivity index (χ0v) is 10.8. The molecular formula is C15H17NO3. The third kappa shape index (κ3) is 3.45. The number of rotatable bonds is 5. The van der Waals surface area contributed by atoms with Crippen molar-refractivity contribution >= 4 is 5.91 Å². The fraction of sp³-hybridized carbons (Fsp3) is 0.267. The first kappa shape index (κ1) is 13.4. The van der Waals surface area contributed by atoms with Crippen LogP contribution in [0.3, 0.4) is 0 Å². The monoisotopic (exact) mass is 259 g/mol. The van der Waals surface area contributed by atoms with Gasteiger partial charge in [-0.15, -0.1) is 0 Å². The smallest absolute Gasteiger partial charge is 0.287 e. The molecule has 0 saturated carbocycles. The highest BCUT2D eigenvalue weighted by Crippen LogP contribution is 2.09. The predicted molar refractivity (Wildman–Crippen MR) is 71.9 cm³/mol. The molecule has 4 nitrogen and oxygen atoms in total. The summed E-state index contributed by atoms with van der Waals surface area (Å²) >= 11 is 0. The fourth-order valence-electron chi connectivity index (χ4n) is 1.92. The van der Waals surface area contributed by atoms with Gasteiger partial charge in [0, 0.05) is 5.56 Å². The summed E-state index contributed by atoms with van der Waals surface area (Å²) in [5.74, 6) is 0.00370. The number of hydrogen-bond donors (Lipinski definition) is 2. The number of aliphatic hydroxyl groups excluding tert-OH is 1. The van der Waals surface area contributed by atoms with Crippen molar-refractivity contribution in [2.24, 2.45) is 0 Å². The first-order valence-corrected chi connectivity index (χ1v) is 6.20. The molecule has 0 fully saturated rings. The summed E-state index contributed by atoms with van der Waals surface area (Å²) in [5, 5.41) is 12.1. The van der Waals surface area contributed by atoms with E-state index in [1.165, 1.54) is 6.26 Å². The summed E-state index contributed by atoms with van der Waals surface area (Å²) in [6.07, 6.45) is 2.07. The van der Waals surface area contributed by atoms with Crippen molar-refractivity contribution in [2.75, 3.05) is 6.61 Å². The number of amides is 1. The van der Waals surface area contributed by atoms with Crippen LogP contribution in [0.4, 0.5) is 0 Å². The Labute approximate surface area is 112 Å². The average molecular weight is 259 g/mol. The second-order valence-corrected chi connectivity index (χ2v) is 4.48. The summed E-state index contributed by atoms with van der Waals surface area (Å²) in [4.78, 5) is 12.0. The summed E-state index contributed by atoms with van der Waals surface area (Å²) in [6, 6.07) is 11.1. The van der Waals surface area contributed by atoms with Gasteiger partial charge in [0.15, 0.2) is 5.76 Å². The minimum atomic E-state index is -0.320. The first-order chi connectivity index (χ1) is 9.20. The van der Waals surface area contributed by atoms with Crippen molar-refractivity contribution in [1.82, 2.24) is 5.32 Å². The van der Waals surface area contributed by atoms with Crippen LogP contribution in [0.15, 0.2) is 47.1 Å². The molecule has 2 aromatic rings. The third-order valence-electron chi connectivity index (χ3n) is 2.95. The van der Waals surface area contributed by atoms with Gasteiger partial charge in [-0.25, -0.2) is 0 Å². The predicted octanol–water partition coefficient (Wildman–Crippen LogP) is 1.92. The van der Waals surface area contributed by atoms with E-state index in [-0.39, 0.29) is 18.6 Å². The van der Waals surface area contributed by atoms with Gasteiger partial charge in [0.2, 0.25) is 0 Å². The third-order valence-corrected chi connectivity index (χ3v) is 2.95. The molecule has 1 unspecified atom stereocenters. The number of furan rings is 1. The normalized spacial score (nSPS) is 12.1. The zero-order valence-electron chi connectivity index (χ0n) is 10.8. The Bertz CT molecular complexity index is 533. The van der Waals surface area contributed by atoms with Crippen LogP contribution >= 0.6 is 0 Å². The maximum Gasteiger partial charge on any atom is 0.287 e. The molecule has 1 aromatic carbocycles. The van der Waals surface area contributed by atoms with Crippen molar-refractivity contribution in [2.45, 2.75) is 19.4 Å². The van der Waals surface area contributed by atoms with E-state index >= 15 is 0 Å². The molecule has 0 radical (unpaired) electrons. The standard InChI is InChI=1S/C15H17NO3/c1-11-7-8-19-14(11)15(18)16-13(10-17)9-12-5-3-2-4-6-12/h2-8,13,17H,9-10H2,1H3,(H,16,18). The van der Waals surface area contributed by atoms with Crippen LogP contribution < -0.4 is 5.32 Å². The Kier molecular flexibility index (Phi) is 4.36. The molecule has 1 atom stereocenters. The van der Waals surface area contributed by atoms with Crippen molar-refractivity contribution in [3.63, 3.8) is 0 Å². The minimum absolute atomic E-state index is 0.111. The Balaban J connectivity index is 2.00. The Morgan fingerprint density at radius 1 is 1.32 bits per heavy atom. The quantitative estimate of drug-likeness (QED) is 0.862. The van der Waals surface area contributed by atoms with Crippen molar-refractivity contribution < 1.29 is 14.3 Å². The van der Waals surface area contributed by atoms with Gasteiger partial charge in [-0.1, -0.05) is 30.3 Å². The molecule has 0 aliphatic heterocycles. The fourth-order valence-corrected chi connectivity index (χ4v) is 1.92. The number of hydrogen-bond acceptors (Lipinski definition) is 3. The van der Waals surface area contributed by atoms with Gasteiger partial charge in [-0.2, -0.15) is 0 Å². The van der Waals surface area contributed by atoms with E-state index in [2.05, 4.69) is 5.32 Å². The zero-order chi connectivity index (χ0) is 13.7. The van der Waals surface area contributed by atoms with Gasteiger partial charge in [0.05, 0.1) is 18.9 Å². The lowest BCUT2D eigenvalue weighted by atomic mass is 10.1. The van der Waals surface area contributed by atoms with E-state index in [1.807, 2.05) is 37.3 Å².